The minimum atomic E-state index is -0.296. The summed E-state index contributed by atoms with van der Waals surface area (Å²) in [6, 6.07) is 3.66. The van der Waals surface area contributed by atoms with Gasteiger partial charge in [0.2, 0.25) is 5.91 Å². The number of amides is 1. The van der Waals surface area contributed by atoms with E-state index in [4.69, 9.17) is 0 Å². The number of rotatable bonds is 0. The van der Waals surface area contributed by atoms with Crippen molar-refractivity contribution in [3.05, 3.63) is 29.1 Å². The first kappa shape index (κ1) is 13.7. The van der Waals surface area contributed by atoms with E-state index in [1.54, 1.807) is 13.0 Å². The van der Waals surface area contributed by atoms with E-state index >= 15 is 0 Å². The van der Waals surface area contributed by atoms with Gasteiger partial charge in [0.05, 0.1) is 5.69 Å². The SMILES string of the molecule is CC.Cc1ccc2c(c1F)NC(=O)C(C)CC2. The Morgan fingerprint density at radius 3 is 2.65 bits per heavy atom. The van der Waals surface area contributed by atoms with Gasteiger partial charge in [0.15, 0.2) is 0 Å². The fourth-order valence-electron chi connectivity index (χ4n) is 1.81. The first-order chi connectivity index (χ1) is 8.09. The lowest BCUT2D eigenvalue weighted by molar-refractivity contribution is -0.119. The Morgan fingerprint density at radius 1 is 1.35 bits per heavy atom. The summed E-state index contributed by atoms with van der Waals surface area (Å²) in [5, 5.41) is 2.67. The van der Waals surface area contributed by atoms with Crippen molar-refractivity contribution in [3.63, 3.8) is 0 Å². The van der Waals surface area contributed by atoms with Crippen LogP contribution in [0, 0.1) is 18.7 Å². The van der Waals surface area contributed by atoms with Gasteiger partial charge in [0.25, 0.3) is 0 Å². The van der Waals surface area contributed by atoms with Gasteiger partial charge in [0, 0.05) is 5.92 Å². The number of carbonyl (C=O) groups is 1. The number of benzene rings is 1. The second-order valence-electron chi connectivity index (χ2n) is 4.16. The molecule has 1 unspecified atom stereocenters. The Bertz CT molecular complexity index is 415. The Labute approximate surface area is 102 Å². The minimum Gasteiger partial charge on any atom is -0.323 e. The topological polar surface area (TPSA) is 29.1 Å². The van der Waals surface area contributed by atoms with Crippen LogP contribution in [-0.4, -0.2) is 5.91 Å². The molecule has 0 saturated heterocycles. The lowest BCUT2D eigenvalue weighted by Crippen LogP contribution is -2.19. The molecule has 1 aromatic rings. The fourth-order valence-corrected chi connectivity index (χ4v) is 1.81. The molecule has 0 fully saturated rings. The van der Waals surface area contributed by atoms with Crippen LogP contribution in [0.1, 0.15) is 38.3 Å². The van der Waals surface area contributed by atoms with E-state index in [0.29, 0.717) is 11.3 Å². The zero-order valence-corrected chi connectivity index (χ0v) is 10.9. The highest BCUT2D eigenvalue weighted by Gasteiger charge is 2.22. The van der Waals surface area contributed by atoms with E-state index < -0.39 is 0 Å². The summed E-state index contributed by atoms with van der Waals surface area (Å²) in [6.07, 6.45) is 1.54. The lowest BCUT2D eigenvalue weighted by Gasteiger charge is -2.09. The molecule has 1 N–H and O–H groups in total. The zero-order valence-electron chi connectivity index (χ0n) is 10.9. The highest BCUT2D eigenvalue weighted by atomic mass is 19.1. The second kappa shape index (κ2) is 5.80. The predicted molar refractivity (Wildman–Crippen MR) is 68.6 cm³/mol. The molecule has 2 rings (SSSR count). The van der Waals surface area contributed by atoms with Gasteiger partial charge in [-0.05, 0) is 30.9 Å². The fraction of sp³-hybridized carbons (Fsp3) is 0.500. The predicted octanol–water partition coefficient (Wildman–Crippen LogP) is 3.68. The minimum absolute atomic E-state index is 0.0443. The Kier molecular flexibility index (Phi) is 4.67. The van der Waals surface area contributed by atoms with Gasteiger partial charge in [0.1, 0.15) is 5.82 Å². The molecule has 1 aromatic carbocycles. The van der Waals surface area contributed by atoms with Crippen LogP contribution in [0.5, 0.6) is 0 Å². The van der Waals surface area contributed by atoms with Crippen LogP contribution in [0.15, 0.2) is 12.1 Å². The van der Waals surface area contributed by atoms with E-state index in [1.165, 1.54) is 0 Å². The van der Waals surface area contributed by atoms with Gasteiger partial charge in [-0.3, -0.25) is 4.79 Å². The van der Waals surface area contributed by atoms with E-state index in [9.17, 15) is 9.18 Å². The average Bonchev–Trinajstić information content (AvgIpc) is 2.49. The van der Waals surface area contributed by atoms with Crippen molar-refractivity contribution in [3.8, 4) is 0 Å². The van der Waals surface area contributed by atoms with Crippen LogP contribution < -0.4 is 5.32 Å². The monoisotopic (exact) mass is 237 g/mol. The van der Waals surface area contributed by atoms with Crippen molar-refractivity contribution in [2.45, 2.75) is 40.5 Å². The van der Waals surface area contributed by atoms with Crippen LogP contribution in [0.25, 0.3) is 0 Å². The molecule has 94 valence electrons. The van der Waals surface area contributed by atoms with Crippen LogP contribution in [0.3, 0.4) is 0 Å². The molecule has 1 aliphatic rings. The van der Waals surface area contributed by atoms with E-state index in [1.807, 2.05) is 26.8 Å². The maximum absolute atomic E-state index is 13.7. The van der Waals surface area contributed by atoms with Gasteiger partial charge in [-0.15, -0.1) is 0 Å². The van der Waals surface area contributed by atoms with Crippen molar-refractivity contribution >= 4 is 11.6 Å². The highest BCUT2D eigenvalue weighted by molar-refractivity contribution is 5.94. The molecule has 1 atom stereocenters. The Morgan fingerprint density at radius 2 is 2.00 bits per heavy atom. The molecule has 0 saturated carbocycles. The third-order valence-corrected chi connectivity index (χ3v) is 2.96. The Hall–Kier alpha value is -1.38. The molecule has 0 spiro atoms. The number of anilines is 1. The largest absolute Gasteiger partial charge is 0.323 e. The quantitative estimate of drug-likeness (QED) is 0.732. The zero-order chi connectivity index (χ0) is 13.0. The van der Waals surface area contributed by atoms with Crippen LogP contribution in [0.4, 0.5) is 10.1 Å². The maximum Gasteiger partial charge on any atom is 0.227 e. The number of nitrogens with one attached hydrogen (secondary N) is 1. The summed E-state index contributed by atoms with van der Waals surface area (Å²) < 4.78 is 13.7. The van der Waals surface area contributed by atoms with Gasteiger partial charge in [-0.25, -0.2) is 4.39 Å². The molecule has 0 bridgehead atoms. The number of hydrogen-bond donors (Lipinski definition) is 1. The molecule has 0 radical (unpaired) electrons. The molecule has 0 aliphatic carbocycles. The van der Waals surface area contributed by atoms with Crippen molar-refractivity contribution in [2.75, 3.05) is 5.32 Å². The molecular weight excluding hydrogens is 217 g/mol. The molecule has 2 nitrogen and oxygen atoms in total. The normalized spacial score (nSPS) is 18.4. The van der Waals surface area contributed by atoms with Gasteiger partial charge < -0.3 is 5.32 Å². The Balaban J connectivity index is 0.000000686. The maximum atomic E-state index is 13.7. The standard InChI is InChI=1S/C12H14FNO.C2H6/c1-7-3-5-9-6-4-8(2)12(15)14-11(9)10(7)13;1-2/h3,5,8H,4,6H2,1-2H3,(H,14,15);1-2H3. The highest BCUT2D eigenvalue weighted by Crippen LogP contribution is 2.28. The van der Waals surface area contributed by atoms with E-state index in [0.717, 1.165) is 18.4 Å². The molecule has 1 heterocycles. The summed E-state index contributed by atoms with van der Waals surface area (Å²) in [6.45, 7) is 7.57. The third-order valence-electron chi connectivity index (χ3n) is 2.96. The molecular formula is C14H20FNO. The first-order valence-corrected chi connectivity index (χ1v) is 6.18. The summed E-state index contributed by atoms with van der Waals surface area (Å²) >= 11 is 0. The van der Waals surface area contributed by atoms with Crippen molar-refractivity contribution in [1.29, 1.82) is 0 Å². The van der Waals surface area contributed by atoms with Crippen LogP contribution in [0.2, 0.25) is 0 Å². The first-order valence-electron chi connectivity index (χ1n) is 6.18. The lowest BCUT2D eigenvalue weighted by atomic mass is 10.0. The molecule has 1 amide bonds. The molecule has 1 aliphatic heterocycles. The average molecular weight is 237 g/mol. The van der Waals surface area contributed by atoms with Gasteiger partial charge in [-0.2, -0.15) is 0 Å². The van der Waals surface area contributed by atoms with E-state index in [2.05, 4.69) is 5.32 Å². The smallest absolute Gasteiger partial charge is 0.227 e. The van der Waals surface area contributed by atoms with Crippen molar-refractivity contribution in [2.24, 2.45) is 5.92 Å². The summed E-state index contributed by atoms with van der Waals surface area (Å²) in [5.74, 6) is -0.426. The third kappa shape index (κ3) is 2.84. The van der Waals surface area contributed by atoms with Gasteiger partial charge >= 0.3 is 0 Å². The van der Waals surface area contributed by atoms with Crippen molar-refractivity contribution < 1.29 is 9.18 Å². The van der Waals surface area contributed by atoms with Crippen LogP contribution in [-0.2, 0) is 11.2 Å². The van der Waals surface area contributed by atoms with E-state index in [-0.39, 0.29) is 17.6 Å². The second-order valence-corrected chi connectivity index (χ2v) is 4.16. The number of halogens is 1. The molecule has 0 aromatic heterocycles. The number of fused-ring (bicyclic) bond motifs is 1. The summed E-state index contributed by atoms with van der Waals surface area (Å²) in [5.41, 5.74) is 1.85. The van der Waals surface area contributed by atoms with Gasteiger partial charge in [-0.1, -0.05) is 32.9 Å². The number of carbonyl (C=O) groups excluding carboxylic acids is 1. The summed E-state index contributed by atoms with van der Waals surface area (Å²) in [7, 11) is 0. The molecule has 3 heteroatoms. The molecule has 17 heavy (non-hydrogen) atoms. The number of hydrogen-bond acceptors (Lipinski definition) is 1. The van der Waals surface area contributed by atoms with Crippen LogP contribution >= 0.6 is 0 Å². The van der Waals surface area contributed by atoms with Crippen molar-refractivity contribution in [1.82, 2.24) is 0 Å². The number of aryl methyl sites for hydroxylation is 2. The summed E-state index contributed by atoms with van der Waals surface area (Å²) in [4.78, 5) is 11.6.